The molecule has 1 aromatic heterocycles. The van der Waals surface area contributed by atoms with Crippen molar-refractivity contribution in [3.63, 3.8) is 0 Å². The van der Waals surface area contributed by atoms with Crippen molar-refractivity contribution >= 4 is 28.0 Å². The first kappa shape index (κ1) is 13.4. The van der Waals surface area contributed by atoms with E-state index in [2.05, 4.69) is 15.6 Å². The molecule has 0 saturated carbocycles. The van der Waals surface area contributed by atoms with Crippen LogP contribution in [0.3, 0.4) is 0 Å². The van der Waals surface area contributed by atoms with Gasteiger partial charge >= 0.3 is 0 Å². The van der Waals surface area contributed by atoms with Crippen LogP contribution < -0.4 is 10.6 Å². The number of aromatic nitrogens is 1. The highest BCUT2D eigenvalue weighted by molar-refractivity contribution is 6.00. The first-order chi connectivity index (χ1) is 10.2. The summed E-state index contributed by atoms with van der Waals surface area (Å²) in [5.41, 5.74) is 2.06. The summed E-state index contributed by atoms with van der Waals surface area (Å²) in [7, 11) is 1.88. The SMILES string of the molecule is CNc1cccc2c(Nc3cccc(C)c3F)nccc12. The fraction of sp³-hybridized carbons (Fsp3) is 0.118. The molecule has 0 aliphatic heterocycles. The molecule has 3 rings (SSSR count). The van der Waals surface area contributed by atoms with Crippen molar-refractivity contribution in [1.82, 2.24) is 4.98 Å². The average molecular weight is 281 g/mol. The van der Waals surface area contributed by atoms with Gasteiger partial charge < -0.3 is 10.6 Å². The molecular formula is C17H16FN3. The molecule has 0 saturated heterocycles. The van der Waals surface area contributed by atoms with Gasteiger partial charge in [-0.15, -0.1) is 0 Å². The van der Waals surface area contributed by atoms with Crippen LogP contribution in [0, 0.1) is 12.7 Å². The minimum Gasteiger partial charge on any atom is -0.388 e. The average Bonchev–Trinajstić information content (AvgIpc) is 2.51. The predicted molar refractivity (Wildman–Crippen MR) is 85.7 cm³/mol. The van der Waals surface area contributed by atoms with Gasteiger partial charge in [-0.25, -0.2) is 9.37 Å². The van der Waals surface area contributed by atoms with Crippen molar-refractivity contribution in [2.75, 3.05) is 17.7 Å². The van der Waals surface area contributed by atoms with Crippen molar-refractivity contribution in [3.05, 3.63) is 60.0 Å². The van der Waals surface area contributed by atoms with Crippen LogP contribution in [0.2, 0.25) is 0 Å². The number of rotatable bonds is 3. The van der Waals surface area contributed by atoms with Crippen molar-refractivity contribution < 1.29 is 4.39 Å². The number of aryl methyl sites for hydroxylation is 1. The van der Waals surface area contributed by atoms with E-state index in [9.17, 15) is 4.39 Å². The van der Waals surface area contributed by atoms with Crippen LogP contribution in [0.25, 0.3) is 10.8 Å². The van der Waals surface area contributed by atoms with Crippen molar-refractivity contribution in [2.45, 2.75) is 6.92 Å². The lowest BCUT2D eigenvalue weighted by Crippen LogP contribution is -1.99. The standard InChI is InChI=1S/C17H16FN3/c1-11-5-3-8-15(16(11)18)21-17-13-6-4-7-14(19-2)12(13)9-10-20-17/h3-10,19H,1-2H3,(H,20,21). The smallest absolute Gasteiger partial charge is 0.149 e. The number of hydrogen-bond acceptors (Lipinski definition) is 3. The minimum atomic E-state index is -0.249. The highest BCUT2D eigenvalue weighted by Gasteiger charge is 2.09. The Morgan fingerprint density at radius 1 is 0.952 bits per heavy atom. The third kappa shape index (κ3) is 2.40. The number of nitrogens with one attached hydrogen (secondary N) is 2. The number of hydrogen-bond donors (Lipinski definition) is 2. The van der Waals surface area contributed by atoms with Gasteiger partial charge in [0.1, 0.15) is 11.6 Å². The molecule has 0 bridgehead atoms. The van der Waals surface area contributed by atoms with Gasteiger partial charge in [-0.05, 0) is 30.7 Å². The maximum atomic E-state index is 14.1. The fourth-order valence-electron chi connectivity index (χ4n) is 2.40. The van der Waals surface area contributed by atoms with Gasteiger partial charge in [0.15, 0.2) is 0 Å². The Bertz CT molecular complexity index is 799. The minimum absolute atomic E-state index is 0.249. The Morgan fingerprint density at radius 3 is 2.52 bits per heavy atom. The van der Waals surface area contributed by atoms with Gasteiger partial charge in [-0.2, -0.15) is 0 Å². The van der Waals surface area contributed by atoms with Crippen molar-refractivity contribution in [2.24, 2.45) is 0 Å². The number of benzene rings is 2. The molecule has 3 nitrogen and oxygen atoms in total. The lowest BCUT2D eigenvalue weighted by Gasteiger charge is -2.12. The van der Waals surface area contributed by atoms with E-state index in [0.717, 1.165) is 16.5 Å². The van der Waals surface area contributed by atoms with E-state index in [1.165, 1.54) is 0 Å². The molecule has 2 aromatic carbocycles. The van der Waals surface area contributed by atoms with E-state index < -0.39 is 0 Å². The zero-order valence-electron chi connectivity index (χ0n) is 11.9. The van der Waals surface area contributed by atoms with Crippen molar-refractivity contribution in [3.8, 4) is 0 Å². The summed E-state index contributed by atoms with van der Waals surface area (Å²) in [6, 6.07) is 13.1. The maximum absolute atomic E-state index is 14.1. The highest BCUT2D eigenvalue weighted by atomic mass is 19.1. The Hall–Kier alpha value is -2.62. The molecule has 0 unspecified atom stereocenters. The molecule has 0 spiro atoms. The Kier molecular flexibility index (Phi) is 3.44. The maximum Gasteiger partial charge on any atom is 0.149 e. The number of pyridine rings is 1. The van der Waals surface area contributed by atoms with E-state index in [1.54, 1.807) is 25.3 Å². The van der Waals surface area contributed by atoms with Crippen LogP contribution >= 0.6 is 0 Å². The largest absolute Gasteiger partial charge is 0.388 e. The predicted octanol–water partition coefficient (Wildman–Crippen LogP) is 4.47. The number of fused-ring (bicyclic) bond motifs is 1. The Morgan fingerprint density at radius 2 is 1.71 bits per heavy atom. The van der Waals surface area contributed by atoms with E-state index in [-0.39, 0.29) is 5.82 Å². The van der Waals surface area contributed by atoms with E-state index in [1.807, 2.05) is 37.4 Å². The third-order valence-electron chi connectivity index (χ3n) is 3.52. The molecule has 0 aliphatic rings. The van der Waals surface area contributed by atoms with Crippen LogP contribution in [-0.4, -0.2) is 12.0 Å². The van der Waals surface area contributed by atoms with Crippen molar-refractivity contribution in [1.29, 1.82) is 0 Å². The molecule has 0 fully saturated rings. The zero-order chi connectivity index (χ0) is 14.8. The molecule has 106 valence electrons. The lowest BCUT2D eigenvalue weighted by atomic mass is 10.1. The number of halogens is 1. The second-order valence-electron chi connectivity index (χ2n) is 4.87. The summed E-state index contributed by atoms with van der Waals surface area (Å²) in [6.45, 7) is 1.75. The van der Waals surface area contributed by atoms with Crippen LogP contribution in [0.1, 0.15) is 5.56 Å². The molecule has 21 heavy (non-hydrogen) atoms. The summed E-state index contributed by atoms with van der Waals surface area (Å²) < 4.78 is 14.1. The molecule has 0 amide bonds. The summed E-state index contributed by atoms with van der Waals surface area (Å²) in [5, 5.41) is 8.24. The summed E-state index contributed by atoms with van der Waals surface area (Å²) in [6.07, 6.45) is 1.72. The summed E-state index contributed by atoms with van der Waals surface area (Å²) >= 11 is 0. The monoisotopic (exact) mass is 281 g/mol. The highest BCUT2D eigenvalue weighted by Crippen LogP contribution is 2.30. The van der Waals surface area contributed by atoms with Gasteiger partial charge in [0.25, 0.3) is 0 Å². The van der Waals surface area contributed by atoms with Gasteiger partial charge in [-0.1, -0.05) is 24.3 Å². The molecule has 3 aromatic rings. The first-order valence-electron chi connectivity index (χ1n) is 6.78. The van der Waals surface area contributed by atoms with E-state index in [4.69, 9.17) is 0 Å². The topological polar surface area (TPSA) is 37.0 Å². The number of nitrogens with zero attached hydrogens (tertiary/aromatic N) is 1. The quantitative estimate of drug-likeness (QED) is 0.744. The fourth-order valence-corrected chi connectivity index (χ4v) is 2.40. The van der Waals surface area contributed by atoms with Crippen LogP contribution in [-0.2, 0) is 0 Å². The van der Waals surface area contributed by atoms with Gasteiger partial charge in [0, 0.05) is 29.7 Å². The van der Waals surface area contributed by atoms with E-state index in [0.29, 0.717) is 17.1 Å². The van der Waals surface area contributed by atoms with Gasteiger partial charge in [0.2, 0.25) is 0 Å². The second kappa shape index (κ2) is 5.40. The normalized spacial score (nSPS) is 10.6. The molecule has 1 heterocycles. The van der Waals surface area contributed by atoms with Crippen LogP contribution in [0.5, 0.6) is 0 Å². The van der Waals surface area contributed by atoms with Crippen LogP contribution in [0.4, 0.5) is 21.6 Å². The Balaban J connectivity index is 2.11. The number of anilines is 3. The summed E-state index contributed by atoms with van der Waals surface area (Å²) in [4.78, 5) is 4.34. The molecular weight excluding hydrogens is 265 g/mol. The van der Waals surface area contributed by atoms with Crippen LogP contribution in [0.15, 0.2) is 48.7 Å². The van der Waals surface area contributed by atoms with Gasteiger partial charge in [-0.3, -0.25) is 0 Å². The molecule has 4 heteroatoms. The summed E-state index contributed by atoms with van der Waals surface area (Å²) in [5.74, 6) is 0.398. The zero-order valence-corrected chi connectivity index (χ0v) is 11.9. The second-order valence-corrected chi connectivity index (χ2v) is 4.87. The lowest BCUT2D eigenvalue weighted by molar-refractivity contribution is 0.622. The van der Waals surface area contributed by atoms with E-state index >= 15 is 0 Å². The Labute approximate surface area is 122 Å². The third-order valence-corrected chi connectivity index (χ3v) is 3.52. The molecule has 2 N–H and O–H groups in total. The first-order valence-corrected chi connectivity index (χ1v) is 6.78. The molecule has 0 radical (unpaired) electrons. The molecule has 0 atom stereocenters. The van der Waals surface area contributed by atoms with Gasteiger partial charge in [0.05, 0.1) is 5.69 Å². The molecule has 0 aliphatic carbocycles.